The van der Waals surface area contributed by atoms with E-state index in [0.29, 0.717) is 26.0 Å². The summed E-state index contributed by atoms with van der Waals surface area (Å²) in [6, 6.07) is 5.21. The minimum absolute atomic E-state index is 0.0146. The molecule has 2 amide bonds. The first-order chi connectivity index (χ1) is 13.4. The third-order valence-electron chi connectivity index (χ3n) is 4.63. The molecule has 3 rings (SSSR count). The molecule has 2 heterocycles. The van der Waals surface area contributed by atoms with Crippen molar-refractivity contribution in [3.8, 4) is 0 Å². The summed E-state index contributed by atoms with van der Waals surface area (Å²) in [5.74, 6) is -1.60. The molecule has 9 nitrogen and oxygen atoms in total. The highest BCUT2D eigenvalue weighted by Gasteiger charge is 2.27. The van der Waals surface area contributed by atoms with Gasteiger partial charge in [0.15, 0.2) is 6.61 Å². The summed E-state index contributed by atoms with van der Waals surface area (Å²) < 4.78 is 37.4. The lowest BCUT2D eigenvalue weighted by Crippen LogP contribution is -2.35. The number of hydrogen-bond acceptors (Lipinski definition) is 7. The molecule has 10 heteroatoms. The molecule has 0 aromatic heterocycles. The van der Waals surface area contributed by atoms with Gasteiger partial charge in [0, 0.05) is 26.1 Å². The van der Waals surface area contributed by atoms with E-state index in [1.54, 1.807) is 0 Å². The molecule has 1 aromatic rings. The van der Waals surface area contributed by atoms with Crippen molar-refractivity contribution in [3.05, 3.63) is 29.8 Å². The molecule has 0 radical (unpaired) electrons. The Labute approximate surface area is 163 Å². The van der Waals surface area contributed by atoms with Gasteiger partial charge in [-0.15, -0.1) is 0 Å². The van der Waals surface area contributed by atoms with Crippen LogP contribution in [0.25, 0.3) is 0 Å². The number of carbonyl (C=O) groups is 3. The lowest BCUT2D eigenvalue weighted by molar-refractivity contribution is -0.143. The summed E-state index contributed by atoms with van der Waals surface area (Å²) in [6.45, 7) is 0.634. The number of esters is 1. The monoisotopic (exact) mass is 410 g/mol. The Bertz CT molecular complexity index is 845. The number of likely N-dealkylation sites (tertiary alicyclic amines) is 1. The minimum atomic E-state index is -3.71. The smallest absolute Gasteiger partial charge is 0.338 e. The standard InChI is InChI=1S/C18H22N2O7S/c21-16-4-1-9-20(16)17(22)12-27-18(23)13-5-7-15(8-6-13)28(24,25)19-11-14-3-2-10-26-14/h5-8,14,19H,1-4,9-12H2/t14-/m0/s1. The van der Waals surface area contributed by atoms with Crippen molar-refractivity contribution in [3.63, 3.8) is 0 Å². The molecule has 2 saturated heterocycles. The third-order valence-corrected chi connectivity index (χ3v) is 6.07. The highest BCUT2D eigenvalue weighted by atomic mass is 32.2. The molecule has 0 saturated carbocycles. The lowest BCUT2D eigenvalue weighted by atomic mass is 10.2. The fraction of sp³-hybridized carbons (Fsp3) is 0.500. The van der Waals surface area contributed by atoms with Crippen molar-refractivity contribution >= 4 is 27.8 Å². The Balaban J connectivity index is 1.53. The zero-order valence-corrected chi connectivity index (χ0v) is 16.1. The maximum atomic E-state index is 12.3. The van der Waals surface area contributed by atoms with Crippen molar-refractivity contribution in [2.75, 3.05) is 26.3 Å². The fourth-order valence-corrected chi connectivity index (χ4v) is 4.13. The molecule has 152 valence electrons. The summed E-state index contributed by atoms with van der Waals surface area (Å²) in [5, 5.41) is 0. The molecule has 1 atom stereocenters. The molecule has 0 unspecified atom stereocenters. The summed E-state index contributed by atoms with van der Waals surface area (Å²) >= 11 is 0. The van der Waals surface area contributed by atoms with Crippen LogP contribution in [0.2, 0.25) is 0 Å². The molecule has 2 aliphatic rings. The Hall–Kier alpha value is -2.30. The first kappa shape index (κ1) is 20.4. The minimum Gasteiger partial charge on any atom is -0.452 e. The first-order valence-corrected chi connectivity index (χ1v) is 10.6. The summed E-state index contributed by atoms with van der Waals surface area (Å²) in [7, 11) is -3.71. The van der Waals surface area contributed by atoms with Gasteiger partial charge in [0.05, 0.1) is 16.6 Å². The van der Waals surface area contributed by atoms with E-state index in [1.165, 1.54) is 24.3 Å². The van der Waals surface area contributed by atoms with E-state index >= 15 is 0 Å². The van der Waals surface area contributed by atoms with Gasteiger partial charge in [-0.05, 0) is 43.5 Å². The second-order valence-electron chi connectivity index (χ2n) is 6.63. The maximum Gasteiger partial charge on any atom is 0.338 e. The number of nitrogens with one attached hydrogen (secondary N) is 1. The quantitative estimate of drug-likeness (QED) is 0.648. The molecule has 2 aliphatic heterocycles. The van der Waals surface area contributed by atoms with Crippen molar-refractivity contribution in [2.24, 2.45) is 0 Å². The SMILES string of the molecule is O=C(OCC(=O)N1CCCC1=O)c1ccc(S(=O)(=O)NC[C@@H]2CCCO2)cc1. The van der Waals surface area contributed by atoms with Crippen molar-refractivity contribution in [2.45, 2.75) is 36.7 Å². The highest BCUT2D eigenvalue weighted by molar-refractivity contribution is 7.89. The number of carbonyl (C=O) groups excluding carboxylic acids is 3. The molecule has 0 bridgehead atoms. The van der Waals surface area contributed by atoms with E-state index in [-0.39, 0.29) is 29.0 Å². The van der Waals surface area contributed by atoms with Crippen LogP contribution < -0.4 is 4.72 Å². The Kier molecular flexibility index (Phi) is 6.42. The van der Waals surface area contributed by atoms with Crippen LogP contribution in [0.5, 0.6) is 0 Å². The summed E-state index contributed by atoms with van der Waals surface area (Å²) in [5.41, 5.74) is 0.110. The molecule has 0 aliphatic carbocycles. The highest BCUT2D eigenvalue weighted by Crippen LogP contribution is 2.15. The summed E-state index contributed by atoms with van der Waals surface area (Å²) in [4.78, 5) is 36.5. The summed E-state index contributed by atoms with van der Waals surface area (Å²) in [6.07, 6.45) is 2.53. The zero-order valence-electron chi connectivity index (χ0n) is 15.3. The predicted octanol–water partition coefficient (Wildman–Crippen LogP) is 0.450. The van der Waals surface area contributed by atoms with Crippen molar-refractivity contribution in [1.82, 2.24) is 9.62 Å². The van der Waals surface area contributed by atoms with Crippen LogP contribution >= 0.6 is 0 Å². The van der Waals surface area contributed by atoms with Gasteiger partial charge < -0.3 is 9.47 Å². The van der Waals surface area contributed by atoms with E-state index in [1.807, 2.05) is 0 Å². The van der Waals surface area contributed by atoms with Crippen molar-refractivity contribution < 1.29 is 32.3 Å². The van der Waals surface area contributed by atoms with Crippen LogP contribution in [0.3, 0.4) is 0 Å². The van der Waals surface area contributed by atoms with Gasteiger partial charge in [0.25, 0.3) is 5.91 Å². The number of amides is 2. The van der Waals surface area contributed by atoms with Crippen LogP contribution in [0.15, 0.2) is 29.2 Å². The van der Waals surface area contributed by atoms with Gasteiger partial charge in [-0.3, -0.25) is 14.5 Å². The lowest BCUT2D eigenvalue weighted by Gasteiger charge is -2.13. The number of imide groups is 1. The average Bonchev–Trinajstić information content (AvgIpc) is 3.36. The Morgan fingerprint density at radius 3 is 2.57 bits per heavy atom. The largest absolute Gasteiger partial charge is 0.452 e. The van der Waals surface area contributed by atoms with E-state index in [2.05, 4.69) is 4.72 Å². The molecule has 28 heavy (non-hydrogen) atoms. The van der Waals surface area contributed by atoms with E-state index in [4.69, 9.17) is 9.47 Å². The zero-order chi connectivity index (χ0) is 20.1. The van der Waals surface area contributed by atoms with Gasteiger partial charge in [0.2, 0.25) is 15.9 Å². The number of nitrogens with zero attached hydrogens (tertiary/aromatic N) is 1. The number of ether oxygens (including phenoxy) is 2. The normalized spacial score (nSPS) is 19.8. The van der Waals surface area contributed by atoms with Crippen LogP contribution in [0, 0.1) is 0 Å². The van der Waals surface area contributed by atoms with E-state index in [0.717, 1.165) is 17.7 Å². The van der Waals surface area contributed by atoms with Crippen LogP contribution in [0.4, 0.5) is 0 Å². The van der Waals surface area contributed by atoms with Crippen LogP contribution in [-0.2, 0) is 29.1 Å². The van der Waals surface area contributed by atoms with Gasteiger partial charge in [-0.1, -0.05) is 0 Å². The second-order valence-corrected chi connectivity index (χ2v) is 8.40. The average molecular weight is 410 g/mol. The van der Waals surface area contributed by atoms with Crippen LogP contribution in [-0.4, -0.2) is 63.5 Å². The van der Waals surface area contributed by atoms with Gasteiger partial charge in [-0.25, -0.2) is 17.9 Å². The molecular formula is C18H22N2O7S. The van der Waals surface area contributed by atoms with Gasteiger partial charge in [-0.2, -0.15) is 0 Å². The fourth-order valence-electron chi connectivity index (χ4n) is 3.06. The molecular weight excluding hydrogens is 388 g/mol. The Morgan fingerprint density at radius 1 is 1.21 bits per heavy atom. The van der Waals surface area contributed by atoms with Gasteiger partial charge >= 0.3 is 5.97 Å². The van der Waals surface area contributed by atoms with Crippen molar-refractivity contribution in [1.29, 1.82) is 0 Å². The Morgan fingerprint density at radius 2 is 1.96 bits per heavy atom. The number of rotatable bonds is 7. The topological polar surface area (TPSA) is 119 Å². The number of sulfonamides is 1. The first-order valence-electron chi connectivity index (χ1n) is 9.08. The molecule has 0 spiro atoms. The van der Waals surface area contributed by atoms with Gasteiger partial charge in [0.1, 0.15) is 0 Å². The molecule has 1 N–H and O–H groups in total. The number of hydrogen-bond donors (Lipinski definition) is 1. The van der Waals surface area contributed by atoms with E-state index in [9.17, 15) is 22.8 Å². The van der Waals surface area contributed by atoms with Crippen LogP contribution in [0.1, 0.15) is 36.0 Å². The second kappa shape index (κ2) is 8.80. The molecule has 1 aromatic carbocycles. The third kappa shape index (κ3) is 4.94. The number of benzene rings is 1. The predicted molar refractivity (Wildman–Crippen MR) is 96.8 cm³/mol. The maximum absolute atomic E-state index is 12.3. The van der Waals surface area contributed by atoms with E-state index < -0.39 is 28.5 Å². The molecule has 2 fully saturated rings.